The SMILES string of the molecule is COc1ccccc1C(=O)NC[C@]1(c2ccccc2)CC[C@H](NS(=O)(=O)NCCNc2ncc(C(F)(F)F)cc2Cl)CC1. The van der Waals surface area contributed by atoms with Crippen LogP contribution in [-0.4, -0.2) is 52.1 Å². The van der Waals surface area contributed by atoms with Gasteiger partial charge < -0.3 is 15.4 Å². The van der Waals surface area contributed by atoms with E-state index < -0.39 is 21.9 Å². The monoisotopic (exact) mass is 639 g/mol. The van der Waals surface area contributed by atoms with Gasteiger partial charge in [-0.1, -0.05) is 54.1 Å². The number of ether oxygens (including phenoxy) is 1. The van der Waals surface area contributed by atoms with Crippen LogP contribution in [0.3, 0.4) is 0 Å². The molecule has 1 amide bonds. The number of para-hydroxylation sites is 1. The Labute approximate surface area is 253 Å². The van der Waals surface area contributed by atoms with Crippen LogP contribution in [0.2, 0.25) is 5.02 Å². The predicted molar refractivity (Wildman–Crippen MR) is 159 cm³/mol. The van der Waals surface area contributed by atoms with Gasteiger partial charge in [0.05, 0.1) is 23.3 Å². The lowest BCUT2D eigenvalue weighted by Gasteiger charge is -2.41. The molecule has 232 valence electrons. The van der Waals surface area contributed by atoms with Crippen molar-refractivity contribution in [2.75, 3.05) is 32.1 Å². The zero-order valence-corrected chi connectivity index (χ0v) is 25.0. The van der Waals surface area contributed by atoms with Crippen LogP contribution in [0.4, 0.5) is 19.0 Å². The van der Waals surface area contributed by atoms with Crippen LogP contribution in [0, 0.1) is 0 Å². The number of hydrogen-bond donors (Lipinski definition) is 4. The molecule has 3 aromatic rings. The summed E-state index contributed by atoms with van der Waals surface area (Å²) in [7, 11) is -2.36. The topological polar surface area (TPSA) is 121 Å². The highest BCUT2D eigenvalue weighted by Crippen LogP contribution is 2.39. The number of pyridine rings is 1. The Kier molecular flexibility index (Phi) is 10.5. The van der Waals surface area contributed by atoms with Crippen molar-refractivity contribution in [3.8, 4) is 5.75 Å². The zero-order valence-electron chi connectivity index (χ0n) is 23.4. The Morgan fingerprint density at radius 2 is 1.74 bits per heavy atom. The van der Waals surface area contributed by atoms with E-state index in [9.17, 15) is 26.4 Å². The molecular formula is C29H33ClF3N5O4S. The maximum Gasteiger partial charge on any atom is 0.417 e. The fourth-order valence-corrected chi connectivity index (χ4v) is 6.54. The van der Waals surface area contributed by atoms with Gasteiger partial charge in [-0.3, -0.25) is 4.79 Å². The summed E-state index contributed by atoms with van der Waals surface area (Å²) in [5.41, 5.74) is 0.144. The molecule has 0 bridgehead atoms. The van der Waals surface area contributed by atoms with Crippen molar-refractivity contribution in [3.05, 3.63) is 88.6 Å². The van der Waals surface area contributed by atoms with Crippen molar-refractivity contribution < 1.29 is 31.1 Å². The Balaban J connectivity index is 1.31. The molecule has 14 heteroatoms. The highest BCUT2D eigenvalue weighted by Gasteiger charge is 2.38. The minimum absolute atomic E-state index is 0.0177. The van der Waals surface area contributed by atoms with Crippen molar-refractivity contribution in [1.82, 2.24) is 19.7 Å². The molecule has 1 aromatic heterocycles. The number of nitrogens with zero attached hydrogens (tertiary/aromatic N) is 1. The Hall–Kier alpha value is -3.39. The normalized spacial score (nSPS) is 19.0. The standard InChI is InChI=1S/C29H33ClF3N5O4S/c1-42-25-10-6-5-9-23(25)27(39)36-19-28(20-7-3-2-4-8-20)13-11-22(12-14-28)38-43(40,41)37-16-15-34-26-24(30)17-21(18-35-26)29(31,32)33/h2-10,17-18,22,37-38H,11-16,19H2,1H3,(H,34,35)(H,36,39)/t22-,28-. The highest BCUT2D eigenvalue weighted by atomic mass is 35.5. The van der Waals surface area contributed by atoms with E-state index in [-0.39, 0.29) is 41.3 Å². The van der Waals surface area contributed by atoms with E-state index in [1.165, 1.54) is 7.11 Å². The molecule has 0 saturated heterocycles. The van der Waals surface area contributed by atoms with Gasteiger partial charge in [0.2, 0.25) is 0 Å². The summed E-state index contributed by atoms with van der Waals surface area (Å²) in [6, 6.07) is 17.3. The number of hydrogen-bond acceptors (Lipinski definition) is 6. The minimum atomic E-state index is -4.57. The van der Waals surface area contributed by atoms with Gasteiger partial charge in [0, 0.05) is 37.3 Å². The fourth-order valence-electron chi connectivity index (χ4n) is 5.17. The first-order valence-electron chi connectivity index (χ1n) is 13.6. The second-order valence-electron chi connectivity index (χ2n) is 10.3. The van der Waals surface area contributed by atoms with Gasteiger partial charge in [0.15, 0.2) is 0 Å². The number of carbonyl (C=O) groups is 1. The first kappa shape index (κ1) is 32.5. The van der Waals surface area contributed by atoms with Crippen LogP contribution in [0.1, 0.15) is 47.2 Å². The van der Waals surface area contributed by atoms with E-state index in [2.05, 4.69) is 25.1 Å². The average Bonchev–Trinajstić information content (AvgIpc) is 2.99. The summed E-state index contributed by atoms with van der Waals surface area (Å²) < 4.78 is 74.3. The molecule has 1 aliphatic carbocycles. The number of amides is 1. The van der Waals surface area contributed by atoms with E-state index in [4.69, 9.17) is 16.3 Å². The number of methoxy groups -OCH3 is 1. The van der Waals surface area contributed by atoms with Crippen LogP contribution in [0.15, 0.2) is 66.9 Å². The summed E-state index contributed by atoms with van der Waals surface area (Å²) in [5.74, 6) is 0.249. The fraction of sp³-hybridized carbons (Fsp3) is 0.379. The van der Waals surface area contributed by atoms with Gasteiger partial charge in [-0.15, -0.1) is 0 Å². The smallest absolute Gasteiger partial charge is 0.417 e. The lowest BCUT2D eigenvalue weighted by Crippen LogP contribution is -2.49. The molecule has 0 radical (unpaired) electrons. The molecule has 0 atom stereocenters. The number of benzene rings is 2. The first-order chi connectivity index (χ1) is 20.4. The second kappa shape index (κ2) is 13.9. The maximum absolute atomic E-state index is 13.0. The Morgan fingerprint density at radius 3 is 2.40 bits per heavy atom. The largest absolute Gasteiger partial charge is 0.496 e. The number of carbonyl (C=O) groups excluding carboxylic acids is 1. The summed E-state index contributed by atoms with van der Waals surface area (Å²) >= 11 is 5.88. The third-order valence-corrected chi connectivity index (χ3v) is 8.98. The molecular weight excluding hydrogens is 607 g/mol. The van der Waals surface area contributed by atoms with Crippen molar-refractivity contribution in [3.63, 3.8) is 0 Å². The Bertz CT molecular complexity index is 1500. The molecule has 1 aliphatic rings. The van der Waals surface area contributed by atoms with Gasteiger partial charge in [-0.05, 0) is 49.4 Å². The van der Waals surface area contributed by atoms with Crippen molar-refractivity contribution >= 4 is 33.5 Å². The van der Waals surface area contributed by atoms with Gasteiger partial charge in [-0.25, -0.2) is 9.71 Å². The quantitative estimate of drug-likeness (QED) is 0.209. The van der Waals surface area contributed by atoms with E-state index in [1.807, 2.05) is 30.3 Å². The number of rotatable bonds is 12. The minimum Gasteiger partial charge on any atom is -0.496 e. The molecule has 9 nitrogen and oxygen atoms in total. The molecule has 0 spiro atoms. The predicted octanol–water partition coefficient (Wildman–Crippen LogP) is 4.91. The number of aromatic nitrogens is 1. The lowest BCUT2D eigenvalue weighted by atomic mass is 9.68. The van der Waals surface area contributed by atoms with E-state index in [1.54, 1.807) is 24.3 Å². The average molecular weight is 640 g/mol. The number of anilines is 1. The van der Waals surface area contributed by atoms with Crippen LogP contribution < -0.4 is 24.8 Å². The first-order valence-corrected chi connectivity index (χ1v) is 15.5. The number of halogens is 4. The Morgan fingerprint density at radius 1 is 1.07 bits per heavy atom. The second-order valence-corrected chi connectivity index (χ2v) is 12.2. The molecule has 4 N–H and O–H groups in total. The molecule has 1 fully saturated rings. The molecule has 4 rings (SSSR count). The number of alkyl halides is 3. The molecule has 0 unspecified atom stereocenters. The van der Waals surface area contributed by atoms with Gasteiger partial charge in [-0.2, -0.15) is 26.3 Å². The highest BCUT2D eigenvalue weighted by molar-refractivity contribution is 7.87. The van der Waals surface area contributed by atoms with E-state index in [0.29, 0.717) is 49.7 Å². The summed E-state index contributed by atoms with van der Waals surface area (Å²) in [5, 5.41) is 5.57. The maximum atomic E-state index is 13.0. The van der Waals surface area contributed by atoms with E-state index in [0.717, 1.165) is 11.6 Å². The zero-order chi connectivity index (χ0) is 31.1. The molecule has 0 aliphatic heterocycles. The van der Waals surface area contributed by atoms with E-state index >= 15 is 0 Å². The van der Waals surface area contributed by atoms with Crippen LogP contribution in [0.5, 0.6) is 5.75 Å². The summed E-state index contributed by atoms with van der Waals surface area (Å²) in [6.45, 7) is 0.370. The molecule has 43 heavy (non-hydrogen) atoms. The van der Waals surface area contributed by atoms with Crippen LogP contribution in [-0.2, 0) is 21.8 Å². The van der Waals surface area contributed by atoms with Gasteiger partial charge in [0.25, 0.3) is 16.1 Å². The van der Waals surface area contributed by atoms with Crippen LogP contribution in [0.25, 0.3) is 0 Å². The van der Waals surface area contributed by atoms with Crippen molar-refractivity contribution in [2.24, 2.45) is 0 Å². The van der Waals surface area contributed by atoms with Gasteiger partial charge in [0.1, 0.15) is 11.6 Å². The third kappa shape index (κ3) is 8.59. The lowest BCUT2D eigenvalue weighted by molar-refractivity contribution is -0.137. The summed E-state index contributed by atoms with van der Waals surface area (Å²) in [4.78, 5) is 16.7. The van der Waals surface area contributed by atoms with Crippen molar-refractivity contribution in [1.29, 1.82) is 0 Å². The van der Waals surface area contributed by atoms with Crippen LogP contribution >= 0.6 is 11.6 Å². The number of nitrogens with one attached hydrogen (secondary N) is 4. The molecule has 1 heterocycles. The molecule has 1 saturated carbocycles. The third-order valence-electron chi connectivity index (χ3n) is 7.47. The van der Waals surface area contributed by atoms with Gasteiger partial charge >= 0.3 is 6.18 Å². The summed E-state index contributed by atoms with van der Waals surface area (Å²) in [6.07, 6.45) is -1.55. The molecule has 2 aromatic carbocycles. The van der Waals surface area contributed by atoms with Crippen molar-refractivity contribution in [2.45, 2.75) is 43.3 Å².